The molecule has 1 heterocycles. The fourth-order valence-corrected chi connectivity index (χ4v) is 3.84. The lowest BCUT2D eigenvalue weighted by molar-refractivity contribution is 0.111. The van der Waals surface area contributed by atoms with Crippen LogP contribution in [-0.2, 0) is 12.8 Å². The van der Waals surface area contributed by atoms with Crippen molar-refractivity contribution in [3.63, 3.8) is 0 Å². The summed E-state index contributed by atoms with van der Waals surface area (Å²) in [6.45, 7) is 1.26. The monoisotopic (exact) mass is 309 g/mol. The number of fused-ring (bicyclic) bond motifs is 2. The van der Waals surface area contributed by atoms with E-state index in [1.807, 2.05) is 0 Å². The van der Waals surface area contributed by atoms with Gasteiger partial charge in [-0.05, 0) is 78.3 Å². The quantitative estimate of drug-likeness (QED) is 0.778. The van der Waals surface area contributed by atoms with Crippen molar-refractivity contribution in [2.24, 2.45) is 5.92 Å². The molecular weight excluding hydrogens is 290 g/mol. The highest BCUT2D eigenvalue weighted by molar-refractivity contribution is 9.09. The Morgan fingerprint density at radius 1 is 1.39 bits per heavy atom. The van der Waals surface area contributed by atoms with E-state index in [9.17, 15) is 0 Å². The predicted octanol–water partition coefficient (Wildman–Crippen LogP) is 3.23. The summed E-state index contributed by atoms with van der Waals surface area (Å²) in [6, 6.07) is 7.24. The van der Waals surface area contributed by atoms with Gasteiger partial charge in [-0.25, -0.2) is 0 Å². The number of nitrogens with zero attached hydrogens (tertiary/aromatic N) is 1. The van der Waals surface area contributed by atoms with E-state index in [1.165, 1.54) is 43.4 Å². The SMILES string of the molecule is CN1CCC[C@@H]2Cc3c(cccc3OCBr)C[C@H]21. The highest BCUT2D eigenvalue weighted by atomic mass is 79.9. The van der Waals surface area contributed by atoms with E-state index in [1.54, 1.807) is 0 Å². The molecule has 0 saturated carbocycles. The molecule has 1 aliphatic heterocycles. The lowest BCUT2D eigenvalue weighted by Crippen LogP contribution is -2.47. The van der Waals surface area contributed by atoms with Gasteiger partial charge in [0.1, 0.15) is 11.3 Å². The van der Waals surface area contributed by atoms with Gasteiger partial charge in [0.2, 0.25) is 0 Å². The molecule has 1 aromatic carbocycles. The second-order valence-corrected chi connectivity index (χ2v) is 5.96. The Balaban J connectivity index is 1.92. The molecule has 18 heavy (non-hydrogen) atoms. The zero-order chi connectivity index (χ0) is 12.5. The van der Waals surface area contributed by atoms with Crippen LogP contribution in [0.1, 0.15) is 24.0 Å². The number of ether oxygens (including phenoxy) is 1. The molecule has 0 spiro atoms. The van der Waals surface area contributed by atoms with Crippen molar-refractivity contribution < 1.29 is 4.74 Å². The average Bonchev–Trinajstić information content (AvgIpc) is 2.38. The highest BCUT2D eigenvalue weighted by Crippen LogP contribution is 2.38. The van der Waals surface area contributed by atoms with Crippen molar-refractivity contribution in [1.82, 2.24) is 4.90 Å². The Labute approximate surface area is 117 Å². The molecule has 2 atom stereocenters. The number of likely N-dealkylation sites (N-methyl/N-ethyl adjacent to an activating group) is 1. The standard InChI is InChI=1S/C15H20BrNO/c1-17-7-3-5-12-8-13-11(9-14(12)17)4-2-6-15(13)18-10-16/h2,4,6,12,14H,3,5,7-10H2,1H3/t12-,14-/m1/s1. The fraction of sp³-hybridized carbons (Fsp3) is 0.600. The molecule has 1 saturated heterocycles. The van der Waals surface area contributed by atoms with Gasteiger partial charge in [0.25, 0.3) is 0 Å². The molecule has 0 radical (unpaired) electrons. The minimum absolute atomic E-state index is 0.581. The van der Waals surface area contributed by atoms with Crippen LogP contribution in [0, 0.1) is 5.92 Å². The van der Waals surface area contributed by atoms with Crippen LogP contribution >= 0.6 is 15.9 Å². The normalized spacial score (nSPS) is 27.4. The first-order chi connectivity index (χ1) is 8.79. The second-order valence-electron chi connectivity index (χ2n) is 5.51. The van der Waals surface area contributed by atoms with E-state index < -0.39 is 0 Å². The van der Waals surface area contributed by atoms with Crippen molar-refractivity contribution in [3.8, 4) is 5.75 Å². The van der Waals surface area contributed by atoms with E-state index in [2.05, 4.69) is 46.1 Å². The van der Waals surface area contributed by atoms with Crippen LogP contribution in [0.5, 0.6) is 5.75 Å². The number of benzene rings is 1. The summed E-state index contributed by atoms with van der Waals surface area (Å²) in [5, 5.41) is 0. The summed E-state index contributed by atoms with van der Waals surface area (Å²) in [4.78, 5) is 2.55. The summed E-state index contributed by atoms with van der Waals surface area (Å²) in [5.74, 6) is 1.90. The van der Waals surface area contributed by atoms with Crippen molar-refractivity contribution in [2.45, 2.75) is 31.7 Å². The number of piperidine rings is 1. The van der Waals surface area contributed by atoms with E-state index in [-0.39, 0.29) is 0 Å². The average molecular weight is 310 g/mol. The first-order valence-electron chi connectivity index (χ1n) is 6.79. The third-order valence-electron chi connectivity index (χ3n) is 4.53. The third kappa shape index (κ3) is 2.19. The number of alkyl halides is 1. The Kier molecular flexibility index (Phi) is 3.62. The zero-order valence-electron chi connectivity index (χ0n) is 10.9. The Morgan fingerprint density at radius 2 is 2.28 bits per heavy atom. The van der Waals surface area contributed by atoms with Crippen LogP contribution in [0.2, 0.25) is 0 Å². The van der Waals surface area contributed by atoms with E-state index in [4.69, 9.17) is 4.74 Å². The largest absolute Gasteiger partial charge is 0.482 e. The van der Waals surface area contributed by atoms with Crippen LogP contribution < -0.4 is 4.74 Å². The summed E-state index contributed by atoms with van der Waals surface area (Å²) in [5.41, 5.74) is 3.52. The lowest BCUT2D eigenvalue weighted by atomic mass is 9.75. The maximum Gasteiger partial charge on any atom is 0.143 e. The van der Waals surface area contributed by atoms with Gasteiger partial charge in [0, 0.05) is 6.04 Å². The van der Waals surface area contributed by atoms with Crippen LogP contribution in [-0.4, -0.2) is 30.1 Å². The zero-order valence-corrected chi connectivity index (χ0v) is 12.4. The second kappa shape index (κ2) is 5.22. The van der Waals surface area contributed by atoms with Crippen LogP contribution in [0.3, 0.4) is 0 Å². The fourth-order valence-electron chi connectivity index (χ4n) is 3.60. The van der Waals surface area contributed by atoms with Crippen molar-refractivity contribution in [3.05, 3.63) is 29.3 Å². The van der Waals surface area contributed by atoms with Crippen LogP contribution in [0.4, 0.5) is 0 Å². The molecule has 2 aliphatic rings. The van der Waals surface area contributed by atoms with Gasteiger partial charge in [-0.1, -0.05) is 12.1 Å². The van der Waals surface area contributed by atoms with Gasteiger partial charge in [0.15, 0.2) is 0 Å². The third-order valence-corrected chi connectivity index (χ3v) is 4.76. The molecular formula is C15H20BrNO. The first-order valence-corrected chi connectivity index (χ1v) is 7.91. The predicted molar refractivity (Wildman–Crippen MR) is 77.4 cm³/mol. The number of hydrogen-bond donors (Lipinski definition) is 0. The molecule has 0 N–H and O–H groups in total. The van der Waals surface area contributed by atoms with Gasteiger partial charge >= 0.3 is 0 Å². The molecule has 1 fully saturated rings. The molecule has 0 bridgehead atoms. The van der Waals surface area contributed by atoms with Crippen molar-refractivity contribution in [1.29, 1.82) is 0 Å². The van der Waals surface area contributed by atoms with Gasteiger partial charge in [-0.15, -0.1) is 0 Å². The van der Waals surface area contributed by atoms with Crippen LogP contribution in [0.15, 0.2) is 18.2 Å². The molecule has 98 valence electrons. The maximum absolute atomic E-state index is 5.71. The molecule has 0 amide bonds. The number of rotatable bonds is 2. The molecule has 1 aromatic rings. The van der Waals surface area contributed by atoms with Gasteiger partial charge in [-0.3, -0.25) is 0 Å². The number of hydrogen-bond acceptors (Lipinski definition) is 2. The topological polar surface area (TPSA) is 12.5 Å². The van der Waals surface area contributed by atoms with Gasteiger partial charge in [0.05, 0.1) is 0 Å². The van der Waals surface area contributed by atoms with Crippen LogP contribution in [0.25, 0.3) is 0 Å². The summed E-state index contributed by atoms with van der Waals surface area (Å²) >= 11 is 3.36. The minimum atomic E-state index is 0.581. The minimum Gasteiger partial charge on any atom is -0.482 e. The summed E-state index contributed by atoms with van der Waals surface area (Å²) < 4.78 is 5.71. The first kappa shape index (κ1) is 12.5. The highest BCUT2D eigenvalue weighted by Gasteiger charge is 2.34. The number of likely N-dealkylation sites (tertiary alicyclic amines) is 1. The van der Waals surface area contributed by atoms with E-state index in [0.29, 0.717) is 5.52 Å². The van der Waals surface area contributed by atoms with Gasteiger partial charge in [-0.2, -0.15) is 0 Å². The van der Waals surface area contributed by atoms with E-state index in [0.717, 1.165) is 17.7 Å². The molecule has 3 rings (SSSR count). The smallest absolute Gasteiger partial charge is 0.143 e. The lowest BCUT2D eigenvalue weighted by Gasteiger charge is -2.43. The molecule has 3 heteroatoms. The van der Waals surface area contributed by atoms with Crippen molar-refractivity contribution >= 4 is 15.9 Å². The molecule has 2 nitrogen and oxygen atoms in total. The Morgan fingerprint density at radius 3 is 3.11 bits per heavy atom. The maximum atomic E-state index is 5.71. The van der Waals surface area contributed by atoms with E-state index >= 15 is 0 Å². The molecule has 1 aliphatic carbocycles. The Hall–Kier alpha value is -0.540. The molecule has 0 unspecified atom stereocenters. The summed E-state index contributed by atoms with van der Waals surface area (Å²) in [6.07, 6.45) is 5.09. The van der Waals surface area contributed by atoms with Crippen molar-refractivity contribution in [2.75, 3.05) is 19.1 Å². The Bertz CT molecular complexity index is 435. The molecule has 0 aromatic heterocycles. The van der Waals surface area contributed by atoms with Gasteiger partial charge < -0.3 is 9.64 Å². The number of halogens is 1. The summed E-state index contributed by atoms with van der Waals surface area (Å²) in [7, 11) is 2.28.